The molecule has 2 aliphatic carbocycles. The summed E-state index contributed by atoms with van der Waals surface area (Å²) in [6, 6.07) is 11.3. The molecule has 0 aromatic heterocycles. The molecule has 8 heteroatoms. The third-order valence-electron chi connectivity index (χ3n) is 8.70. The summed E-state index contributed by atoms with van der Waals surface area (Å²) in [5, 5.41) is 4.14. The Bertz CT molecular complexity index is 1210. The molecule has 0 unspecified atom stereocenters. The van der Waals surface area contributed by atoms with Gasteiger partial charge >= 0.3 is 0 Å². The normalized spacial score (nSPS) is 23.6. The summed E-state index contributed by atoms with van der Waals surface area (Å²) in [7, 11) is 4.69. The Balaban J connectivity index is 1.32. The van der Waals surface area contributed by atoms with Crippen LogP contribution in [-0.4, -0.2) is 56.2 Å². The average molecular weight is 539 g/mol. The van der Waals surface area contributed by atoms with Crippen LogP contribution in [0.2, 0.25) is 5.02 Å². The number of ether oxygens (including phenoxy) is 3. The van der Waals surface area contributed by atoms with Crippen LogP contribution in [-0.2, 0) is 15.0 Å². The van der Waals surface area contributed by atoms with E-state index in [0.29, 0.717) is 28.8 Å². The topological polar surface area (TPSA) is 77.1 Å². The number of benzene rings is 2. The number of likely N-dealkylation sites (tertiary alicyclic amines) is 1. The third-order valence-corrected chi connectivity index (χ3v) is 8.95. The van der Waals surface area contributed by atoms with Crippen LogP contribution < -0.4 is 19.5 Å². The number of hydrogen-bond donors (Lipinski definition) is 1. The first-order valence-corrected chi connectivity index (χ1v) is 13.6. The second-order valence-corrected chi connectivity index (χ2v) is 11.0. The zero-order valence-corrected chi connectivity index (χ0v) is 23.0. The molecular formula is C30H35ClN2O5. The van der Waals surface area contributed by atoms with Gasteiger partial charge in [-0.15, -0.1) is 0 Å². The van der Waals surface area contributed by atoms with E-state index in [9.17, 15) is 9.59 Å². The molecule has 1 heterocycles. The van der Waals surface area contributed by atoms with Crippen molar-refractivity contribution in [3.63, 3.8) is 0 Å². The van der Waals surface area contributed by atoms with Gasteiger partial charge in [-0.2, -0.15) is 0 Å². The van der Waals surface area contributed by atoms with Gasteiger partial charge in [-0.1, -0.05) is 30.2 Å². The van der Waals surface area contributed by atoms with Crippen molar-refractivity contribution in [3.05, 3.63) is 58.6 Å². The van der Waals surface area contributed by atoms with Crippen LogP contribution in [0.15, 0.2) is 42.5 Å². The van der Waals surface area contributed by atoms with Gasteiger partial charge in [0.2, 0.25) is 17.6 Å². The second kappa shape index (κ2) is 10.5. The lowest BCUT2D eigenvalue weighted by atomic mass is 9.63. The first-order chi connectivity index (χ1) is 18.4. The van der Waals surface area contributed by atoms with E-state index in [0.717, 1.165) is 56.1 Å². The maximum Gasteiger partial charge on any atom is 0.246 e. The fourth-order valence-electron chi connectivity index (χ4n) is 6.50. The first-order valence-electron chi connectivity index (χ1n) is 13.2. The fourth-order valence-corrected chi connectivity index (χ4v) is 6.63. The quantitative estimate of drug-likeness (QED) is 0.471. The number of fused-ring (bicyclic) bond motifs is 1. The van der Waals surface area contributed by atoms with Crippen LogP contribution in [0.25, 0.3) is 6.08 Å². The molecule has 7 nitrogen and oxygen atoms in total. The van der Waals surface area contributed by atoms with Crippen molar-refractivity contribution in [1.82, 2.24) is 10.2 Å². The number of methoxy groups -OCH3 is 3. The minimum atomic E-state index is -0.504. The molecule has 5 rings (SSSR count). The maximum atomic E-state index is 13.8. The van der Waals surface area contributed by atoms with Crippen molar-refractivity contribution >= 4 is 29.5 Å². The third kappa shape index (κ3) is 4.51. The van der Waals surface area contributed by atoms with E-state index < -0.39 is 5.41 Å². The molecule has 2 saturated carbocycles. The minimum absolute atomic E-state index is 0.00844. The maximum absolute atomic E-state index is 13.8. The molecule has 0 radical (unpaired) electrons. The van der Waals surface area contributed by atoms with Gasteiger partial charge in [-0.3, -0.25) is 9.59 Å². The Labute approximate surface area is 229 Å². The van der Waals surface area contributed by atoms with Gasteiger partial charge in [-0.25, -0.2) is 0 Å². The minimum Gasteiger partial charge on any atom is -0.493 e. The second-order valence-electron chi connectivity index (χ2n) is 10.5. The summed E-state index contributed by atoms with van der Waals surface area (Å²) >= 11 is 6.10. The number of nitrogens with zero attached hydrogens (tertiary/aromatic N) is 1. The largest absolute Gasteiger partial charge is 0.493 e. The molecule has 3 fully saturated rings. The van der Waals surface area contributed by atoms with E-state index in [-0.39, 0.29) is 23.4 Å². The van der Waals surface area contributed by atoms with Crippen molar-refractivity contribution in [2.24, 2.45) is 0 Å². The van der Waals surface area contributed by atoms with Gasteiger partial charge in [0.25, 0.3) is 0 Å². The Hall–Kier alpha value is -3.19. The zero-order valence-electron chi connectivity index (χ0n) is 22.2. The summed E-state index contributed by atoms with van der Waals surface area (Å²) in [5.74, 6) is 1.59. The molecule has 2 aromatic carbocycles. The van der Waals surface area contributed by atoms with Gasteiger partial charge in [-0.05, 0) is 80.0 Å². The highest BCUT2D eigenvalue weighted by molar-refractivity contribution is 6.30. The zero-order chi connectivity index (χ0) is 26.9. The summed E-state index contributed by atoms with van der Waals surface area (Å²) in [4.78, 5) is 29.1. The number of halogens is 1. The number of hydrogen-bond acceptors (Lipinski definition) is 5. The molecule has 38 heavy (non-hydrogen) atoms. The molecule has 1 aliphatic heterocycles. The Morgan fingerprint density at radius 1 is 0.974 bits per heavy atom. The van der Waals surface area contributed by atoms with Crippen LogP contribution in [0, 0.1) is 0 Å². The summed E-state index contributed by atoms with van der Waals surface area (Å²) in [5.41, 5.74) is 0.919. The molecule has 1 N–H and O–H groups in total. The van der Waals surface area contributed by atoms with Crippen LogP contribution in [0.3, 0.4) is 0 Å². The van der Waals surface area contributed by atoms with Gasteiger partial charge in [0, 0.05) is 17.6 Å². The van der Waals surface area contributed by atoms with E-state index in [1.165, 1.54) is 0 Å². The van der Waals surface area contributed by atoms with Crippen LogP contribution in [0.5, 0.6) is 17.2 Å². The number of rotatable bonds is 8. The predicted molar refractivity (Wildman–Crippen MR) is 147 cm³/mol. The highest BCUT2D eigenvalue weighted by Crippen LogP contribution is 2.47. The molecule has 2 atom stereocenters. The number of carbonyl (C=O) groups excluding carboxylic acids is 2. The molecule has 3 aliphatic rings. The Morgan fingerprint density at radius 2 is 1.66 bits per heavy atom. The molecule has 0 bridgehead atoms. The SMILES string of the molecule is COc1cc(/C=C/C(=O)N2CC[C@]3(NC(=O)C4(c5ccc(Cl)cc5)CCC4)CCC[C@H]23)cc(OC)c1OC. The highest BCUT2D eigenvalue weighted by atomic mass is 35.5. The van der Waals surface area contributed by atoms with Crippen molar-refractivity contribution < 1.29 is 23.8 Å². The lowest BCUT2D eigenvalue weighted by molar-refractivity contribution is -0.133. The number of nitrogens with one attached hydrogen (secondary N) is 1. The van der Waals surface area contributed by atoms with E-state index in [2.05, 4.69) is 5.32 Å². The lowest BCUT2D eigenvalue weighted by Gasteiger charge is -2.44. The van der Waals surface area contributed by atoms with Crippen molar-refractivity contribution in [2.75, 3.05) is 27.9 Å². The molecule has 1 saturated heterocycles. The number of carbonyl (C=O) groups is 2. The summed E-state index contributed by atoms with van der Waals surface area (Å²) in [6.07, 6.45) is 9.59. The van der Waals surface area contributed by atoms with Crippen molar-refractivity contribution in [1.29, 1.82) is 0 Å². The van der Waals surface area contributed by atoms with Gasteiger partial charge < -0.3 is 24.4 Å². The highest BCUT2D eigenvalue weighted by Gasteiger charge is 2.55. The Morgan fingerprint density at radius 3 is 2.24 bits per heavy atom. The van der Waals surface area contributed by atoms with Crippen molar-refractivity contribution in [3.8, 4) is 17.2 Å². The average Bonchev–Trinajstić information content (AvgIpc) is 3.45. The van der Waals surface area contributed by atoms with E-state index >= 15 is 0 Å². The van der Waals surface area contributed by atoms with Crippen molar-refractivity contribution in [2.45, 2.75) is 61.9 Å². The standard InChI is InChI=1S/C30H35ClN2O5/c1-36-23-18-20(19-24(37-2)27(23)38-3)7-12-26(34)33-17-16-30(15-4-6-25(30)33)32-28(35)29(13-5-14-29)21-8-10-22(31)11-9-21/h7-12,18-19,25H,4-6,13-17H2,1-3H3,(H,32,35)/b12-7+/t25-,30+/m0/s1. The summed E-state index contributed by atoms with van der Waals surface area (Å²) in [6.45, 7) is 0.622. The lowest BCUT2D eigenvalue weighted by Crippen LogP contribution is -2.60. The molecule has 2 amide bonds. The molecule has 2 aromatic rings. The molecular weight excluding hydrogens is 504 g/mol. The fraction of sp³-hybridized carbons (Fsp3) is 0.467. The Kier molecular flexibility index (Phi) is 7.32. The van der Waals surface area contributed by atoms with Gasteiger partial charge in [0.1, 0.15) is 0 Å². The predicted octanol–water partition coefficient (Wildman–Crippen LogP) is 5.14. The van der Waals surface area contributed by atoms with Gasteiger partial charge in [0.15, 0.2) is 11.5 Å². The van der Waals surface area contributed by atoms with E-state index in [4.69, 9.17) is 25.8 Å². The van der Waals surface area contributed by atoms with Crippen LogP contribution >= 0.6 is 11.6 Å². The van der Waals surface area contributed by atoms with E-state index in [1.54, 1.807) is 33.5 Å². The van der Waals surface area contributed by atoms with E-state index in [1.807, 2.05) is 41.3 Å². The summed E-state index contributed by atoms with van der Waals surface area (Å²) < 4.78 is 16.3. The van der Waals surface area contributed by atoms with Gasteiger partial charge in [0.05, 0.1) is 38.3 Å². The van der Waals surface area contributed by atoms with Crippen LogP contribution in [0.4, 0.5) is 0 Å². The van der Waals surface area contributed by atoms with Crippen LogP contribution in [0.1, 0.15) is 56.1 Å². The smallest absolute Gasteiger partial charge is 0.246 e. The monoisotopic (exact) mass is 538 g/mol. The molecule has 202 valence electrons. The molecule has 0 spiro atoms. The first kappa shape index (κ1) is 26.4. The number of amides is 2.